The molecule has 0 amide bonds. The molecule has 0 N–H and O–H groups in total. The zero-order valence-corrected chi connectivity index (χ0v) is 15.2. The first-order chi connectivity index (χ1) is 9.65. The largest absolute Gasteiger partial charge is 0.0654 e. The average Bonchev–Trinajstić information content (AvgIpc) is 2.42. The van der Waals surface area contributed by atoms with E-state index in [1.807, 2.05) is 0 Å². The Bertz CT molecular complexity index is 184. The molecule has 0 nitrogen and oxygen atoms in total. The van der Waals surface area contributed by atoms with Crippen molar-refractivity contribution in [3.8, 4) is 0 Å². The van der Waals surface area contributed by atoms with Crippen molar-refractivity contribution in [1.82, 2.24) is 0 Å². The molecule has 0 radical (unpaired) electrons. The van der Waals surface area contributed by atoms with Crippen molar-refractivity contribution in [2.75, 3.05) is 0 Å². The maximum atomic E-state index is 2.47. The van der Waals surface area contributed by atoms with Crippen LogP contribution in [0.1, 0.15) is 112 Å². The highest BCUT2D eigenvalue weighted by molar-refractivity contribution is 4.65. The maximum absolute atomic E-state index is 2.47. The Labute approximate surface area is 130 Å². The first-order valence-electron chi connectivity index (χ1n) is 9.65. The second kappa shape index (κ2) is 14.0. The van der Waals surface area contributed by atoms with Crippen LogP contribution < -0.4 is 0 Å². The molecule has 0 aliphatic rings. The molecule has 0 heteroatoms. The van der Waals surface area contributed by atoms with E-state index in [1.165, 1.54) is 77.0 Å². The van der Waals surface area contributed by atoms with Crippen LogP contribution in [0.3, 0.4) is 0 Å². The van der Waals surface area contributed by atoms with Gasteiger partial charge in [-0.3, -0.25) is 0 Å². The highest BCUT2D eigenvalue weighted by atomic mass is 14.2. The van der Waals surface area contributed by atoms with Crippen LogP contribution in [0.2, 0.25) is 0 Å². The molecular weight excluding hydrogens is 240 g/mol. The summed E-state index contributed by atoms with van der Waals surface area (Å²) in [6, 6.07) is 0. The van der Waals surface area contributed by atoms with Crippen LogP contribution in [-0.2, 0) is 0 Å². The van der Waals surface area contributed by atoms with Gasteiger partial charge in [-0.2, -0.15) is 0 Å². The highest BCUT2D eigenvalue weighted by Gasteiger charge is 2.13. The lowest BCUT2D eigenvalue weighted by atomic mass is 9.84. The summed E-state index contributed by atoms with van der Waals surface area (Å²) >= 11 is 0. The standard InChI is InChI=1S/C20H42/c1-6-14-18(4)16-12-10-9-11-13-17-20(8-3)19(5)15-7-2/h18-20H,6-17H2,1-5H3. The normalized spacial score (nSPS) is 16.1. The summed E-state index contributed by atoms with van der Waals surface area (Å²) in [7, 11) is 0. The summed E-state index contributed by atoms with van der Waals surface area (Å²) in [5.74, 6) is 2.89. The molecule has 0 rings (SSSR count). The lowest BCUT2D eigenvalue weighted by Gasteiger charge is -2.22. The van der Waals surface area contributed by atoms with Gasteiger partial charge in [0.15, 0.2) is 0 Å². The van der Waals surface area contributed by atoms with E-state index < -0.39 is 0 Å². The van der Waals surface area contributed by atoms with Crippen molar-refractivity contribution in [2.24, 2.45) is 17.8 Å². The number of hydrogen-bond acceptors (Lipinski definition) is 0. The molecule has 122 valence electrons. The van der Waals surface area contributed by atoms with Gasteiger partial charge in [0.25, 0.3) is 0 Å². The van der Waals surface area contributed by atoms with Gasteiger partial charge in [0.05, 0.1) is 0 Å². The summed E-state index contributed by atoms with van der Waals surface area (Å²) in [5.41, 5.74) is 0. The topological polar surface area (TPSA) is 0 Å². The van der Waals surface area contributed by atoms with Crippen LogP contribution in [-0.4, -0.2) is 0 Å². The van der Waals surface area contributed by atoms with Gasteiger partial charge >= 0.3 is 0 Å². The van der Waals surface area contributed by atoms with Gasteiger partial charge < -0.3 is 0 Å². The predicted molar refractivity (Wildman–Crippen MR) is 94.2 cm³/mol. The van der Waals surface area contributed by atoms with E-state index in [2.05, 4.69) is 34.6 Å². The van der Waals surface area contributed by atoms with Crippen molar-refractivity contribution in [3.05, 3.63) is 0 Å². The van der Waals surface area contributed by atoms with Crippen LogP contribution in [0, 0.1) is 17.8 Å². The first-order valence-corrected chi connectivity index (χ1v) is 9.65. The van der Waals surface area contributed by atoms with E-state index in [-0.39, 0.29) is 0 Å². The monoisotopic (exact) mass is 282 g/mol. The van der Waals surface area contributed by atoms with E-state index >= 15 is 0 Å². The zero-order chi connectivity index (χ0) is 15.2. The third kappa shape index (κ3) is 10.7. The van der Waals surface area contributed by atoms with Crippen LogP contribution in [0.5, 0.6) is 0 Å². The molecule has 3 atom stereocenters. The Morgan fingerprint density at radius 1 is 0.600 bits per heavy atom. The highest BCUT2D eigenvalue weighted by Crippen LogP contribution is 2.26. The van der Waals surface area contributed by atoms with Gasteiger partial charge in [-0.25, -0.2) is 0 Å². The third-order valence-corrected chi connectivity index (χ3v) is 5.13. The maximum Gasteiger partial charge on any atom is -0.0391 e. The minimum absolute atomic E-state index is 0.944. The van der Waals surface area contributed by atoms with Crippen molar-refractivity contribution >= 4 is 0 Å². The third-order valence-electron chi connectivity index (χ3n) is 5.13. The molecule has 0 aromatic rings. The summed E-state index contributed by atoms with van der Waals surface area (Å²) in [4.78, 5) is 0. The molecule has 0 saturated carbocycles. The minimum atomic E-state index is 0.944. The van der Waals surface area contributed by atoms with E-state index in [0.29, 0.717) is 0 Å². The summed E-state index contributed by atoms with van der Waals surface area (Å²) in [6.45, 7) is 11.9. The van der Waals surface area contributed by atoms with Crippen LogP contribution in [0.15, 0.2) is 0 Å². The molecule has 0 aliphatic carbocycles. The Balaban J connectivity index is 3.46. The lowest BCUT2D eigenvalue weighted by molar-refractivity contribution is 0.296. The van der Waals surface area contributed by atoms with E-state index in [4.69, 9.17) is 0 Å². The number of unbranched alkanes of at least 4 members (excludes halogenated alkanes) is 4. The van der Waals surface area contributed by atoms with Crippen molar-refractivity contribution in [3.63, 3.8) is 0 Å². The molecule has 0 heterocycles. The molecule has 20 heavy (non-hydrogen) atoms. The quantitative estimate of drug-likeness (QED) is 0.287. The molecule has 0 aromatic heterocycles. The van der Waals surface area contributed by atoms with Crippen LogP contribution >= 0.6 is 0 Å². The fraction of sp³-hybridized carbons (Fsp3) is 1.00. The Morgan fingerprint density at radius 2 is 1.15 bits per heavy atom. The van der Waals surface area contributed by atoms with E-state index in [1.54, 1.807) is 0 Å². The van der Waals surface area contributed by atoms with Gasteiger partial charge in [0.2, 0.25) is 0 Å². The van der Waals surface area contributed by atoms with E-state index in [9.17, 15) is 0 Å². The second-order valence-corrected chi connectivity index (χ2v) is 7.17. The Kier molecular flexibility index (Phi) is 14.0. The van der Waals surface area contributed by atoms with Gasteiger partial charge in [0.1, 0.15) is 0 Å². The summed E-state index contributed by atoms with van der Waals surface area (Å²) in [6.07, 6.45) is 17.2. The first kappa shape index (κ1) is 20.0. The predicted octanol–water partition coefficient (Wildman–Crippen LogP) is 7.62. The SMILES string of the molecule is CCCC(C)CCCCCCCC(CC)C(C)CCC. The molecule has 3 unspecified atom stereocenters. The molecule has 0 aromatic carbocycles. The number of hydrogen-bond donors (Lipinski definition) is 0. The molecular formula is C20H42. The summed E-state index contributed by atoms with van der Waals surface area (Å²) < 4.78 is 0. The van der Waals surface area contributed by atoms with E-state index in [0.717, 1.165) is 17.8 Å². The molecule has 0 bridgehead atoms. The lowest BCUT2D eigenvalue weighted by Crippen LogP contribution is -2.10. The fourth-order valence-corrected chi connectivity index (χ4v) is 3.65. The zero-order valence-electron chi connectivity index (χ0n) is 15.2. The fourth-order valence-electron chi connectivity index (χ4n) is 3.65. The Morgan fingerprint density at radius 3 is 1.70 bits per heavy atom. The smallest absolute Gasteiger partial charge is 0.0391 e. The van der Waals surface area contributed by atoms with Crippen LogP contribution in [0.4, 0.5) is 0 Å². The van der Waals surface area contributed by atoms with Gasteiger partial charge in [0, 0.05) is 0 Å². The minimum Gasteiger partial charge on any atom is -0.0654 e. The van der Waals surface area contributed by atoms with Crippen molar-refractivity contribution in [1.29, 1.82) is 0 Å². The van der Waals surface area contributed by atoms with Crippen LogP contribution in [0.25, 0.3) is 0 Å². The van der Waals surface area contributed by atoms with Gasteiger partial charge in [-0.05, 0) is 17.8 Å². The molecule has 0 spiro atoms. The molecule has 0 saturated heterocycles. The number of rotatable bonds is 14. The summed E-state index contributed by atoms with van der Waals surface area (Å²) in [5, 5.41) is 0. The molecule has 0 fully saturated rings. The second-order valence-electron chi connectivity index (χ2n) is 7.17. The van der Waals surface area contributed by atoms with Gasteiger partial charge in [-0.15, -0.1) is 0 Å². The molecule has 0 aliphatic heterocycles. The van der Waals surface area contributed by atoms with Crippen molar-refractivity contribution < 1.29 is 0 Å². The van der Waals surface area contributed by atoms with Gasteiger partial charge in [-0.1, -0.05) is 112 Å². The Hall–Kier alpha value is 0. The van der Waals surface area contributed by atoms with Crippen molar-refractivity contribution in [2.45, 2.75) is 112 Å². The average molecular weight is 283 g/mol.